The molecule has 12 heteroatoms. The minimum Gasteiger partial charge on any atom is -0.342 e. The third-order valence-corrected chi connectivity index (χ3v) is 9.60. The highest BCUT2D eigenvalue weighted by Gasteiger charge is 2.36. The summed E-state index contributed by atoms with van der Waals surface area (Å²) in [5.41, 5.74) is 0. The highest BCUT2D eigenvalue weighted by Crippen LogP contribution is 2.27. The van der Waals surface area contributed by atoms with E-state index in [1.165, 1.54) is 21.6 Å². The Bertz CT molecular complexity index is 663. The van der Waals surface area contributed by atoms with Crippen LogP contribution >= 0.6 is 45.1 Å². The molecule has 182 valence electrons. The molecule has 2 aliphatic rings. The van der Waals surface area contributed by atoms with E-state index in [2.05, 4.69) is 62.8 Å². The molecule has 0 aromatic heterocycles. The molecule has 0 bridgehead atoms. The molecule has 0 unspecified atom stereocenters. The maximum absolute atomic E-state index is 12.4. The summed E-state index contributed by atoms with van der Waals surface area (Å²) in [5.74, 6) is 1.09. The van der Waals surface area contributed by atoms with Crippen LogP contribution in [0.25, 0.3) is 0 Å². The molecular formula is C20H34N4O4S4. The van der Waals surface area contributed by atoms with Gasteiger partial charge in [0.05, 0.1) is 0 Å². The first-order chi connectivity index (χ1) is 14.7. The van der Waals surface area contributed by atoms with Gasteiger partial charge in [0.15, 0.2) is 0 Å². The van der Waals surface area contributed by atoms with Crippen molar-refractivity contribution in [3.05, 3.63) is 0 Å². The highest BCUT2D eigenvalue weighted by atomic mass is 33.1. The van der Waals surface area contributed by atoms with E-state index in [0.29, 0.717) is 23.0 Å². The predicted octanol–water partition coefficient (Wildman–Crippen LogP) is 1.40. The molecule has 0 aromatic rings. The lowest BCUT2D eigenvalue weighted by Crippen LogP contribution is -2.63. The largest absolute Gasteiger partial charge is 0.342 e. The average Bonchev–Trinajstić information content (AvgIpc) is 2.66. The minimum absolute atomic E-state index is 0.0145. The third kappa shape index (κ3) is 9.26. The van der Waals surface area contributed by atoms with E-state index >= 15 is 0 Å². The van der Waals surface area contributed by atoms with Crippen LogP contribution in [-0.4, -0.2) is 80.3 Å². The van der Waals surface area contributed by atoms with E-state index in [9.17, 15) is 19.2 Å². The smallest absolute Gasteiger partial charge is 0.244 e. The lowest BCUT2D eigenvalue weighted by Gasteiger charge is -2.31. The summed E-state index contributed by atoms with van der Waals surface area (Å²) in [6.45, 7) is 12.4. The molecule has 32 heavy (non-hydrogen) atoms. The van der Waals surface area contributed by atoms with E-state index in [4.69, 9.17) is 0 Å². The summed E-state index contributed by atoms with van der Waals surface area (Å²) in [6, 6.07) is -2.26. The summed E-state index contributed by atoms with van der Waals surface area (Å²) in [7, 11) is 2.79. The van der Waals surface area contributed by atoms with Gasteiger partial charge in [-0.3, -0.25) is 19.2 Å². The van der Waals surface area contributed by atoms with Crippen LogP contribution in [0, 0.1) is 0 Å². The number of rotatable bonds is 9. The van der Waals surface area contributed by atoms with Crippen LogP contribution in [0.5, 0.6) is 0 Å². The van der Waals surface area contributed by atoms with Crippen LogP contribution in [-0.2, 0) is 19.2 Å². The van der Waals surface area contributed by atoms with E-state index in [1.54, 1.807) is 23.5 Å². The molecule has 2 aliphatic heterocycles. The van der Waals surface area contributed by atoms with Gasteiger partial charge >= 0.3 is 0 Å². The molecular weight excluding hydrogens is 489 g/mol. The number of hydrogen-bond donors (Lipinski definition) is 4. The van der Waals surface area contributed by atoms with Crippen LogP contribution in [0.1, 0.15) is 41.5 Å². The second-order valence-electron chi connectivity index (χ2n) is 9.66. The van der Waals surface area contributed by atoms with Crippen molar-refractivity contribution in [1.29, 1.82) is 0 Å². The van der Waals surface area contributed by atoms with Crippen molar-refractivity contribution in [3.63, 3.8) is 0 Å². The van der Waals surface area contributed by atoms with Gasteiger partial charge in [-0.25, -0.2) is 0 Å². The van der Waals surface area contributed by atoms with Crippen molar-refractivity contribution in [2.24, 2.45) is 0 Å². The quantitative estimate of drug-likeness (QED) is 0.265. The Morgan fingerprint density at radius 3 is 1.03 bits per heavy atom. The number of thioether (sulfide) groups is 2. The highest BCUT2D eigenvalue weighted by molar-refractivity contribution is 8.76. The van der Waals surface area contributed by atoms with Crippen molar-refractivity contribution >= 4 is 68.7 Å². The van der Waals surface area contributed by atoms with E-state index in [-0.39, 0.29) is 33.1 Å². The summed E-state index contributed by atoms with van der Waals surface area (Å²) in [6.07, 6.45) is 0. The van der Waals surface area contributed by atoms with Gasteiger partial charge in [-0.05, 0) is 0 Å². The standard InChI is InChI=1S/C20H34N4O4S4/c1-19(2,3)29-7-11-15(25)23-13(17(27)21-11)9-31-32-10-14-18(28)22-12(16(26)24-14)8-30-20(4,5)6/h11-14H,7-10H2,1-6H3,(H,21,27)(H,22,28)(H,23,25)(H,24,26)/t11-,12-,13+,14+/m1/s1. The Kier molecular flexibility index (Phi) is 9.99. The zero-order chi connectivity index (χ0) is 24.1. The normalized spacial score (nSPS) is 26.8. The predicted molar refractivity (Wildman–Crippen MR) is 137 cm³/mol. The van der Waals surface area contributed by atoms with E-state index < -0.39 is 24.2 Å². The van der Waals surface area contributed by atoms with Crippen LogP contribution in [0.4, 0.5) is 0 Å². The zero-order valence-electron chi connectivity index (χ0n) is 19.4. The van der Waals surface area contributed by atoms with Crippen LogP contribution < -0.4 is 21.3 Å². The lowest BCUT2D eigenvalue weighted by atomic mass is 10.2. The lowest BCUT2D eigenvalue weighted by molar-refractivity contribution is -0.135. The number of carbonyl (C=O) groups excluding carboxylic acids is 4. The van der Waals surface area contributed by atoms with Gasteiger partial charge in [0.25, 0.3) is 0 Å². The first-order valence-corrected chi connectivity index (χ1v) is 14.9. The number of carbonyl (C=O) groups is 4. The molecule has 4 N–H and O–H groups in total. The zero-order valence-corrected chi connectivity index (χ0v) is 22.7. The maximum atomic E-state index is 12.4. The molecule has 0 aliphatic carbocycles. The Hall–Kier alpha value is -0.720. The molecule has 2 rings (SSSR count). The Morgan fingerprint density at radius 2 is 0.781 bits per heavy atom. The molecule has 2 fully saturated rings. The fourth-order valence-corrected chi connectivity index (χ4v) is 6.85. The van der Waals surface area contributed by atoms with Crippen LogP contribution in [0.15, 0.2) is 0 Å². The molecule has 4 amide bonds. The molecule has 4 atom stereocenters. The van der Waals surface area contributed by atoms with Gasteiger partial charge in [0, 0.05) is 32.5 Å². The third-order valence-electron chi connectivity index (χ3n) is 4.45. The molecule has 2 heterocycles. The van der Waals surface area contributed by atoms with Crippen molar-refractivity contribution in [2.45, 2.75) is 75.2 Å². The van der Waals surface area contributed by atoms with Crippen molar-refractivity contribution < 1.29 is 19.2 Å². The van der Waals surface area contributed by atoms with E-state index in [1.807, 2.05) is 0 Å². The number of amides is 4. The van der Waals surface area contributed by atoms with Crippen molar-refractivity contribution in [2.75, 3.05) is 23.0 Å². The maximum Gasteiger partial charge on any atom is 0.244 e. The number of piperazine rings is 2. The Balaban J connectivity index is 1.70. The van der Waals surface area contributed by atoms with Gasteiger partial charge in [0.1, 0.15) is 24.2 Å². The van der Waals surface area contributed by atoms with Gasteiger partial charge in [-0.2, -0.15) is 23.5 Å². The van der Waals surface area contributed by atoms with Gasteiger partial charge in [0.2, 0.25) is 23.6 Å². The fourth-order valence-electron chi connectivity index (χ4n) is 2.72. The molecule has 2 saturated heterocycles. The molecule has 0 saturated carbocycles. The Morgan fingerprint density at radius 1 is 0.531 bits per heavy atom. The summed E-state index contributed by atoms with van der Waals surface area (Å²) < 4.78 is 0.0290. The van der Waals surface area contributed by atoms with Crippen molar-refractivity contribution in [3.8, 4) is 0 Å². The first-order valence-electron chi connectivity index (χ1n) is 10.5. The molecule has 0 spiro atoms. The minimum atomic E-state index is -0.607. The second kappa shape index (κ2) is 11.6. The van der Waals surface area contributed by atoms with Crippen molar-refractivity contribution in [1.82, 2.24) is 21.3 Å². The topological polar surface area (TPSA) is 116 Å². The number of hydrogen-bond acceptors (Lipinski definition) is 8. The first kappa shape index (κ1) is 27.5. The molecule has 8 nitrogen and oxygen atoms in total. The SMILES string of the molecule is CC(C)(C)SC[C@H]1NC(=O)[C@H](CSSC[C@@H]2NC(=O)[C@@H](CSC(C)(C)C)NC2=O)NC1=O. The summed E-state index contributed by atoms with van der Waals surface area (Å²) in [5, 5.41) is 11.2. The van der Waals surface area contributed by atoms with Gasteiger partial charge in [-0.1, -0.05) is 63.1 Å². The molecule has 0 aromatic carbocycles. The monoisotopic (exact) mass is 522 g/mol. The van der Waals surface area contributed by atoms with Gasteiger partial charge in [-0.15, -0.1) is 0 Å². The summed E-state index contributed by atoms with van der Waals surface area (Å²) >= 11 is 3.26. The van der Waals surface area contributed by atoms with Gasteiger partial charge < -0.3 is 21.3 Å². The fraction of sp³-hybridized carbons (Fsp3) is 0.800. The molecule has 0 radical (unpaired) electrons. The number of nitrogens with one attached hydrogen (secondary N) is 4. The second-order valence-corrected chi connectivity index (χ2v) is 15.9. The summed E-state index contributed by atoms with van der Waals surface area (Å²) in [4.78, 5) is 49.3. The average molecular weight is 523 g/mol. The van der Waals surface area contributed by atoms with Crippen LogP contribution in [0.3, 0.4) is 0 Å². The Labute approximate surface area is 206 Å². The van der Waals surface area contributed by atoms with E-state index in [0.717, 1.165) is 0 Å². The van der Waals surface area contributed by atoms with Crippen LogP contribution in [0.2, 0.25) is 0 Å².